The molecule has 0 N–H and O–H groups in total. The number of hydrogen-bond donors (Lipinski definition) is 0. The fourth-order valence-corrected chi connectivity index (χ4v) is 4.61. The molecule has 5 nitrogen and oxygen atoms in total. The number of para-hydroxylation sites is 2. The Labute approximate surface area is 179 Å². The summed E-state index contributed by atoms with van der Waals surface area (Å²) in [5.74, 6) is 3.05. The van der Waals surface area contributed by atoms with Crippen LogP contribution in [0.25, 0.3) is 10.8 Å². The molecule has 5 rings (SSSR count). The van der Waals surface area contributed by atoms with Crippen LogP contribution in [0.2, 0.25) is 0 Å². The maximum Gasteiger partial charge on any atom is 0.192 e. The lowest BCUT2D eigenvalue weighted by Crippen LogP contribution is -2.25. The van der Waals surface area contributed by atoms with Crippen LogP contribution in [0.1, 0.15) is 17.5 Å². The average Bonchev–Trinajstić information content (AvgIpc) is 3.20. The minimum Gasteiger partial charge on any atom is -0.485 e. The van der Waals surface area contributed by atoms with E-state index in [-0.39, 0.29) is 6.10 Å². The summed E-state index contributed by atoms with van der Waals surface area (Å²) in [5.41, 5.74) is 1.28. The van der Waals surface area contributed by atoms with Crippen LogP contribution in [0.5, 0.6) is 11.5 Å². The second-order valence-corrected chi connectivity index (χ2v) is 7.97. The Bertz CT molecular complexity index is 1200. The molecular formula is C24H21N3O2S. The Balaban J connectivity index is 1.40. The lowest BCUT2D eigenvalue weighted by molar-refractivity contribution is 0.0821. The highest BCUT2D eigenvalue weighted by Crippen LogP contribution is 2.36. The molecule has 0 unspecified atom stereocenters. The van der Waals surface area contributed by atoms with E-state index in [4.69, 9.17) is 9.47 Å². The third-order valence-corrected chi connectivity index (χ3v) is 6.11. The first-order valence-electron chi connectivity index (χ1n) is 9.85. The molecule has 0 radical (unpaired) electrons. The van der Waals surface area contributed by atoms with E-state index in [9.17, 15) is 0 Å². The molecule has 2 heterocycles. The smallest absolute Gasteiger partial charge is 0.192 e. The summed E-state index contributed by atoms with van der Waals surface area (Å²) in [6.07, 6.45) is 1.55. The maximum absolute atomic E-state index is 6.15. The summed E-state index contributed by atoms with van der Waals surface area (Å²) >= 11 is 1.67. The Morgan fingerprint density at radius 2 is 1.80 bits per heavy atom. The maximum atomic E-state index is 6.15. The first kappa shape index (κ1) is 18.8. The molecule has 30 heavy (non-hydrogen) atoms. The first-order chi connectivity index (χ1) is 14.8. The molecule has 1 aliphatic rings. The lowest BCUT2D eigenvalue weighted by atomic mass is 10.1. The van der Waals surface area contributed by atoms with Crippen molar-refractivity contribution in [3.63, 3.8) is 0 Å². The monoisotopic (exact) mass is 415 g/mol. The third-order valence-electron chi connectivity index (χ3n) is 5.09. The highest BCUT2D eigenvalue weighted by molar-refractivity contribution is 7.98. The number of nitrogens with zero attached hydrogens (tertiary/aromatic N) is 3. The van der Waals surface area contributed by atoms with Crippen molar-refractivity contribution in [2.45, 2.75) is 23.6 Å². The van der Waals surface area contributed by atoms with Crippen LogP contribution in [0.15, 0.2) is 84.5 Å². The number of hydrogen-bond acceptors (Lipinski definition) is 5. The second-order valence-electron chi connectivity index (χ2n) is 7.03. The zero-order valence-electron chi connectivity index (χ0n) is 16.4. The van der Waals surface area contributed by atoms with E-state index < -0.39 is 0 Å². The number of aromatic nitrogens is 3. The SMILES string of the molecule is C=CCn1c(SCc2cccc3ccccc23)nnc1[C@@H]1COc2ccccc2O1. The van der Waals surface area contributed by atoms with E-state index in [1.807, 2.05) is 30.3 Å². The zero-order chi connectivity index (χ0) is 20.3. The van der Waals surface area contributed by atoms with Crippen molar-refractivity contribution in [2.24, 2.45) is 0 Å². The van der Waals surface area contributed by atoms with Crippen molar-refractivity contribution >= 4 is 22.5 Å². The first-order valence-corrected chi connectivity index (χ1v) is 10.8. The fourth-order valence-electron chi connectivity index (χ4n) is 3.65. The molecule has 4 aromatic rings. The average molecular weight is 416 g/mol. The van der Waals surface area contributed by atoms with Gasteiger partial charge in [0.05, 0.1) is 0 Å². The quantitative estimate of drug-likeness (QED) is 0.311. The van der Waals surface area contributed by atoms with Crippen LogP contribution in [-0.2, 0) is 12.3 Å². The zero-order valence-corrected chi connectivity index (χ0v) is 17.2. The number of thioether (sulfide) groups is 1. The molecule has 0 aliphatic carbocycles. The van der Waals surface area contributed by atoms with Gasteiger partial charge in [-0.05, 0) is 28.5 Å². The molecule has 1 aromatic heterocycles. The van der Waals surface area contributed by atoms with Crippen LogP contribution in [-0.4, -0.2) is 21.4 Å². The highest BCUT2D eigenvalue weighted by Gasteiger charge is 2.28. The number of benzene rings is 3. The van der Waals surface area contributed by atoms with Crippen molar-refractivity contribution in [3.8, 4) is 11.5 Å². The van der Waals surface area contributed by atoms with Gasteiger partial charge in [-0.2, -0.15) is 0 Å². The van der Waals surface area contributed by atoms with Crippen LogP contribution >= 0.6 is 11.8 Å². The molecule has 0 saturated heterocycles. The summed E-state index contributed by atoms with van der Waals surface area (Å²) in [6, 6.07) is 22.5. The van der Waals surface area contributed by atoms with Crippen molar-refractivity contribution in [2.75, 3.05) is 6.61 Å². The van der Waals surface area contributed by atoms with E-state index in [2.05, 4.69) is 63.8 Å². The van der Waals surface area contributed by atoms with Crippen LogP contribution < -0.4 is 9.47 Å². The van der Waals surface area contributed by atoms with Gasteiger partial charge in [0.15, 0.2) is 28.6 Å². The van der Waals surface area contributed by atoms with Gasteiger partial charge >= 0.3 is 0 Å². The molecule has 6 heteroatoms. The van der Waals surface area contributed by atoms with E-state index in [0.29, 0.717) is 13.2 Å². The molecule has 1 atom stereocenters. The predicted molar refractivity (Wildman–Crippen MR) is 119 cm³/mol. The van der Waals surface area contributed by atoms with E-state index in [1.165, 1.54) is 16.3 Å². The van der Waals surface area contributed by atoms with Crippen molar-refractivity contribution < 1.29 is 9.47 Å². The topological polar surface area (TPSA) is 49.2 Å². The van der Waals surface area contributed by atoms with Crippen molar-refractivity contribution in [3.05, 3.63) is 90.8 Å². The highest BCUT2D eigenvalue weighted by atomic mass is 32.2. The number of ether oxygens (including phenoxy) is 2. The minimum atomic E-state index is -0.306. The molecule has 0 saturated carbocycles. The predicted octanol–water partition coefficient (Wildman–Crippen LogP) is 5.42. The van der Waals surface area contributed by atoms with Crippen LogP contribution in [0.4, 0.5) is 0 Å². The normalized spacial score (nSPS) is 15.3. The van der Waals surface area contributed by atoms with Crippen molar-refractivity contribution in [1.29, 1.82) is 0 Å². The van der Waals surface area contributed by atoms with Gasteiger partial charge in [-0.3, -0.25) is 4.57 Å². The second kappa shape index (κ2) is 8.24. The Morgan fingerprint density at radius 1 is 1.00 bits per heavy atom. The summed E-state index contributed by atoms with van der Waals surface area (Å²) in [4.78, 5) is 0. The van der Waals surface area contributed by atoms with E-state index in [0.717, 1.165) is 28.2 Å². The van der Waals surface area contributed by atoms with Gasteiger partial charge in [-0.15, -0.1) is 16.8 Å². The fraction of sp³-hybridized carbons (Fsp3) is 0.167. The molecule has 0 fully saturated rings. The van der Waals surface area contributed by atoms with Crippen LogP contribution in [0.3, 0.4) is 0 Å². The van der Waals surface area contributed by atoms with Gasteiger partial charge in [-0.25, -0.2) is 0 Å². The van der Waals surface area contributed by atoms with Gasteiger partial charge in [0, 0.05) is 12.3 Å². The number of fused-ring (bicyclic) bond motifs is 2. The van der Waals surface area contributed by atoms with Gasteiger partial charge in [-0.1, -0.05) is 72.4 Å². The molecule has 3 aromatic carbocycles. The summed E-state index contributed by atoms with van der Waals surface area (Å²) in [6.45, 7) is 4.92. The Kier molecular flexibility index (Phi) is 5.15. The largest absolute Gasteiger partial charge is 0.485 e. The third kappa shape index (κ3) is 3.55. The molecule has 1 aliphatic heterocycles. The van der Waals surface area contributed by atoms with E-state index >= 15 is 0 Å². The van der Waals surface area contributed by atoms with Gasteiger partial charge in [0.2, 0.25) is 0 Å². The van der Waals surface area contributed by atoms with Gasteiger partial charge in [0.25, 0.3) is 0 Å². The Morgan fingerprint density at radius 3 is 2.70 bits per heavy atom. The van der Waals surface area contributed by atoms with Crippen LogP contribution in [0, 0.1) is 0 Å². The molecule has 150 valence electrons. The van der Waals surface area contributed by atoms with E-state index in [1.54, 1.807) is 11.8 Å². The number of rotatable bonds is 6. The summed E-state index contributed by atoms with van der Waals surface area (Å²) in [5, 5.41) is 12.3. The molecular weight excluding hydrogens is 394 g/mol. The molecule has 0 bridgehead atoms. The summed E-state index contributed by atoms with van der Waals surface area (Å²) < 4.78 is 14.1. The van der Waals surface area contributed by atoms with Gasteiger partial charge in [0.1, 0.15) is 6.61 Å². The Hall–Kier alpha value is -3.25. The lowest BCUT2D eigenvalue weighted by Gasteiger charge is -2.26. The molecule has 0 amide bonds. The molecule has 0 spiro atoms. The summed E-state index contributed by atoms with van der Waals surface area (Å²) in [7, 11) is 0. The standard InChI is InChI=1S/C24H21N3O2S/c1-2-14-27-23(22-15-28-20-12-5-6-13-21(20)29-22)25-26-24(27)30-16-18-10-7-9-17-8-3-4-11-19(17)18/h2-13,22H,1,14-16H2/t22-/m0/s1. The minimum absolute atomic E-state index is 0.306. The van der Waals surface area contributed by atoms with Gasteiger partial charge < -0.3 is 9.47 Å². The van der Waals surface area contributed by atoms with Crippen molar-refractivity contribution in [1.82, 2.24) is 14.8 Å². The number of allylic oxidation sites excluding steroid dienone is 1.